The third-order valence-electron chi connectivity index (χ3n) is 4.49. The van der Waals surface area contributed by atoms with Crippen LogP contribution in [-0.2, 0) is 9.53 Å². The predicted octanol–water partition coefficient (Wildman–Crippen LogP) is 5.47. The van der Waals surface area contributed by atoms with Crippen molar-refractivity contribution >= 4 is 28.5 Å². The van der Waals surface area contributed by atoms with Gasteiger partial charge in [0.15, 0.2) is 6.10 Å². The number of carbonyl (C=O) groups is 1. The third-order valence-corrected chi connectivity index (χ3v) is 4.82. The van der Waals surface area contributed by atoms with Crippen LogP contribution in [0.15, 0.2) is 57.9 Å². The molecule has 3 rings (SSSR count). The van der Waals surface area contributed by atoms with Crippen molar-refractivity contribution in [2.45, 2.75) is 33.3 Å². The molecular formula is C23H23ClO5. The van der Waals surface area contributed by atoms with Gasteiger partial charge in [0, 0.05) is 16.7 Å². The van der Waals surface area contributed by atoms with Gasteiger partial charge in [-0.25, -0.2) is 4.79 Å². The van der Waals surface area contributed by atoms with Crippen LogP contribution in [-0.4, -0.2) is 18.7 Å². The predicted molar refractivity (Wildman–Crippen MR) is 113 cm³/mol. The maximum atomic E-state index is 12.9. The molecule has 0 aliphatic heterocycles. The highest BCUT2D eigenvalue weighted by atomic mass is 35.5. The number of esters is 1. The molecule has 152 valence electrons. The average Bonchev–Trinajstić information content (AvgIpc) is 2.68. The first kappa shape index (κ1) is 20.9. The summed E-state index contributed by atoms with van der Waals surface area (Å²) in [6, 6.07) is 11.9. The zero-order valence-electron chi connectivity index (χ0n) is 16.6. The Morgan fingerprint density at radius 1 is 1.10 bits per heavy atom. The Morgan fingerprint density at radius 3 is 2.59 bits per heavy atom. The Hall–Kier alpha value is -2.79. The first-order valence-corrected chi connectivity index (χ1v) is 9.88. The normalized spacial score (nSPS) is 12.2. The molecule has 0 spiro atoms. The van der Waals surface area contributed by atoms with Gasteiger partial charge in [-0.05, 0) is 37.5 Å². The average molecular weight is 415 g/mol. The molecule has 3 aromatic rings. The fourth-order valence-corrected chi connectivity index (χ4v) is 3.05. The topological polar surface area (TPSA) is 65.7 Å². The lowest BCUT2D eigenvalue weighted by molar-refractivity contribution is -0.151. The summed E-state index contributed by atoms with van der Waals surface area (Å²) in [7, 11) is 0. The summed E-state index contributed by atoms with van der Waals surface area (Å²) in [6.45, 7) is 6.11. The molecule has 6 heteroatoms. The number of hydrogen-bond donors (Lipinski definition) is 0. The number of fused-ring (bicyclic) bond motifs is 1. The second-order valence-corrected chi connectivity index (χ2v) is 7.63. The maximum absolute atomic E-state index is 12.9. The Balaban J connectivity index is 1.79. The molecule has 0 saturated carbocycles. The van der Waals surface area contributed by atoms with E-state index in [0.717, 1.165) is 6.42 Å². The van der Waals surface area contributed by atoms with Crippen LogP contribution in [0, 0.1) is 5.92 Å². The second kappa shape index (κ2) is 9.14. The summed E-state index contributed by atoms with van der Waals surface area (Å²) >= 11 is 6.20. The van der Waals surface area contributed by atoms with Gasteiger partial charge in [0.05, 0.1) is 17.6 Å². The molecule has 0 amide bonds. The van der Waals surface area contributed by atoms with Gasteiger partial charge in [-0.15, -0.1) is 0 Å². The zero-order chi connectivity index (χ0) is 21.0. The monoisotopic (exact) mass is 414 g/mol. The highest BCUT2D eigenvalue weighted by Gasteiger charge is 2.18. The molecule has 0 saturated heterocycles. The number of rotatable bonds is 7. The SMILES string of the molecule is CC(C)CCOC(=O)[C@@H](C)Oc1ccc2c(=O)c(-c3ccccc3Cl)coc2c1. The highest BCUT2D eigenvalue weighted by Crippen LogP contribution is 2.28. The Kier molecular flexibility index (Phi) is 6.60. The maximum Gasteiger partial charge on any atom is 0.347 e. The van der Waals surface area contributed by atoms with E-state index in [2.05, 4.69) is 13.8 Å². The lowest BCUT2D eigenvalue weighted by Gasteiger charge is -2.15. The van der Waals surface area contributed by atoms with Gasteiger partial charge in [0.2, 0.25) is 5.43 Å². The van der Waals surface area contributed by atoms with Crippen LogP contribution in [0.3, 0.4) is 0 Å². The van der Waals surface area contributed by atoms with Crippen LogP contribution in [0.4, 0.5) is 0 Å². The Labute approximate surface area is 174 Å². The molecule has 1 aromatic heterocycles. The Morgan fingerprint density at radius 2 is 1.86 bits per heavy atom. The summed E-state index contributed by atoms with van der Waals surface area (Å²) in [5.74, 6) is 0.443. The molecule has 5 nitrogen and oxygen atoms in total. The van der Waals surface area contributed by atoms with Gasteiger partial charge in [-0.2, -0.15) is 0 Å². The second-order valence-electron chi connectivity index (χ2n) is 7.23. The summed E-state index contributed by atoms with van der Waals surface area (Å²) in [5.41, 5.74) is 1.18. The summed E-state index contributed by atoms with van der Waals surface area (Å²) in [4.78, 5) is 24.9. The molecule has 0 unspecified atom stereocenters. The van der Waals surface area contributed by atoms with E-state index in [1.54, 1.807) is 43.3 Å². The van der Waals surface area contributed by atoms with E-state index in [-0.39, 0.29) is 5.43 Å². The van der Waals surface area contributed by atoms with Gasteiger partial charge in [-0.1, -0.05) is 43.6 Å². The number of hydrogen-bond acceptors (Lipinski definition) is 5. The lowest BCUT2D eigenvalue weighted by atomic mass is 10.1. The van der Waals surface area contributed by atoms with Gasteiger partial charge in [0.1, 0.15) is 17.6 Å². The van der Waals surface area contributed by atoms with E-state index in [1.807, 2.05) is 6.07 Å². The van der Waals surface area contributed by atoms with E-state index in [1.165, 1.54) is 6.26 Å². The van der Waals surface area contributed by atoms with E-state index in [4.69, 9.17) is 25.5 Å². The van der Waals surface area contributed by atoms with E-state index < -0.39 is 12.1 Å². The van der Waals surface area contributed by atoms with Crippen LogP contribution in [0.5, 0.6) is 5.75 Å². The Bertz CT molecular complexity index is 1070. The van der Waals surface area contributed by atoms with Crippen molar-refractivity contribution in [3.63, 3.8) is 0 Å². The van der Waals surface area contributed by atoms with Crippen molar-refractivity contribution in [1.29, 1.82) is 0 Å². The third kappa shape index (κ3) is 4.98. The van der Waals surface area contributed by atoms with Crippen LogP contribution < -0.4 is 10.2 Å². The number of ether oxygens (including phenoxy) is 2. The van der Waals surface area contributed by atoms with Gasteiger partial charge < -0.3 is 13.9 Å². The molecule has 1 atom stereocenters. The number of carbonyl (C=O) groups excluding carboxylic acids is 1. The first-order chi connectivity index (χ1) is 13.9. The van der Waals surface area contributed by atoms with Crippen LogP contribution >= 0.6 is 11.6 Å². The molecule has 0 N–H and O–H groups in total. The number of halogens is 1. The van der Waals surface area contributed by atoms with E-state index in [9.17, 15) is 9.59 Å². The molecule has 0 fully saturated rings. The van der Waals surface area contributed by atoms with E-state index >= 15 is 0 Å². The van der Waals surface area contributed by atoms with Crippen LogP contribution in [0.2, 0.25) is 5.02 Å². The minimum absolute atomic E-state index is 0.188. The summed E-state index contributed by atoms with van der Waals surface area (Å²) in [5, 5.41) is 0.880. The molecule has 0 radical (unpaired) electrons. The molecule has 1 heterocycles. The van der Waals surface area contributed by atoms with E-state index in [0.29, 0.717) is 45.4 Å². The van der Waals surface area contributed by atoms with Crippen molar-refractivity contribution < 1.29 is 18.7 Å². The minimum Gasteiger partial charge on any atom is -0.479 e. The summed E-state index contributed by atoms with van der Waals surface area (Å²) in [6.07, 6.45) is 1.42. The molecular weight excluding hydrogens is 392 g/mol. The van der Waals surface area contributed by atoms with Crippen molar-refractivity contribution in [2.24, 2.45) is 5.92 Å². The molecule has 29 heavy (non-hydrogen) atoms. The zero-order valence-corrected chi connectivity index (χ0v) is 17.4. The van der Waals surface area contributed by atoms with Crippen LogP contribution in [0.25, 0.3) is 22.1 Å². The number of benzene rings is 2. The standard InChI is InChI=1S/C23H23ClO5/c1-14(2)10-11-27-23(26)15(3)29-16-8-9-18-21(12-16)28-13-19(22(18)25)17-6-4-5-7-20(17)24/h4-9,12-15H,10-11H2,1-3H3/t15-/m1/s1. The fraction of sp³-hybridized carbons (Fsp3) is 0.304. The largest absolute Gasteiger partial charge is 0.479 e. The highest BCUT2D eigenvalue weighted by molar-refractivity contribution is 6.33. The summed E-state index contributed by atoms with van der Waals surface area (Å²) < 4.78 is 16.5. The molecule has 0 bridgehead atoms. The van der Waals surface area contributed by atoms with Gasteiger partial charge in [-0.3, -0.25) is 4.79 Å². The molecule has 0 aliphatic rings. The minimum atomic E-state index is -0.770. The quantitative estimate of drug-likeness (QED) is 0.479. The lowest BCUT2D eigenvalue weighted by Crippen LogP contribution is -2.26. The van der Waals surface area contributed by atoms with Crippen molar-refractivity contribution in [3.8, 4) is 16.9 Å². The smallest absolute Gasteiger partial charge is 0.347 e. The fourth-order valence-electron chi connectivity index (χ4n) is 2.81. The van der Waals surface area contributed by atoms with Crippen LogP contribution in [0.1, 0.15) is 27.2 Å². The van der Waals surface area contributed by atoms with Crippen molar-refractivity contribution in [2.75, 3.05) is 6.61 Å². The first-order valence-electron chi connectivity index (χ1n) is 9.50. The molecule has 2 aromatic carbocycles. The van der Waals surface area contributed by atoms with Crippen molar-refractivity contribution in [3.05, 3.63) is 64.0 Å². The van der Waals surface area contributed by atoms with Gasteiger partial charge in [0.25, 0.3) is 0 Å². The van der Waals surface area contributed by atoms with Gasteiger partial charge >= 0.3 is 5.97 Å². The molecule has 0 aliphatic carbocycles. The van der Waals surface area contributed by atoms with Crippen molar-refractivity contribution in [1.82, 2.24) is 0 Å².